The average molecular weight is 407 g/mol. The van der Waals surface area contributed by atoms with Crippen molar-refractivity contribution in [1.82, 2.24) is 10.6 Å². The van der Waals surface area contributed by atoms with Crippen LogP contribution in [0.1, 0.15) is 28.9 Å². The van der Waals surface area contributed by atoms with Crippen molar-refractivity contribution >= 4 is 28.3 Å². The van der Waals surface area contributed by atoms with Gasteiger partial charge in [-0.3, -0.25) is 19.7 Å². The first kappa shape index (κ1) is 20.8. The molecule has 8 nitrogen and oxygen atoms in total. The summed E-state index contributed by atoms with van der Waals surface area (Å²) in [5.41, 5.74) is 0.691. The highest BCUT2D eigenvalue weighted by Crippen LogP contribution is 2.27. The number of amides is 2. The number of carbonyl (C=O) groups excluding carboxylic acids is 2. The summed E-state index contributed by atoms with van der Waals surface area (Å²) in [6, 6.07) is 17.5. The zero-order chi connectivity index (χ0) is 21.7. The van der Waals surface area contributed by atoms with E-state index in [-0.39, 0.29) is 35.5 Å². The van der Waals surface area contributed by atoms with Crippen LogP contribution in [-0.2, 0) is 4.79 Å². The van der Waals surface area contributed by atoms with E-state index in [2.05, 4.69) is 10.6 Å². The number of carbonyl (C=O) groups is 2. The molecule has 30 heavy (non-hydrogen) atoms. The quantitative estimate of drug-likeness (QED) is 0.461. The van der Waals surface area contributed by atoms with E-state index in [1.807, 2.05) is 49.4 Å². The predicted molar refractivity (Wildman–Crippen MR) is 112 cm³/mol. The number of nitrogens with one attached hydrogen (secondary N) is 2. The number of fused-ring (bicyclic) bond motifs is 1. The minimum atomic E-state index is -0.631. The van der Waals surface area contributed by atoms with Crippen LogP contribution in [0.4, 0.5) is 5.69 Å². The van der Waals surface area contributed by atoms with Gasteiger partial charge in [0.2, 0.25) is 5.91 Å². The van der Waals surface area contributed by atoms with Gasteiger partial charge in [-0.05, 0) is 41.5 Å². The van der Waals surface area contributed by atoms with Crippen LogP contribution in [0.3, 0.4) is 0 Å². The number of nitrogens with zero attached hydrogens (tertiary/aromatic N) is 1. The summed E-state index contributed by atoms with van der Waals surface area (Å²) in [7, 11) is 1.31. The molecule has 1 atom stereocenters. The molecule has 0 radical (unpaired) electrons. The molecule has 2 amide bonds. The van der Waals surface area contributed by atoms with Crippen molar-refractivity contribution < 1.29 is 19.2 Å². The standard InChI is InChI=1S/C22H21N3O5/c1-14(16-8-7-15-5-3-4-6-17(15)11-16)24-21(26)13-23-22(27)18-9-10-20(30-2)19(12-18)25(28)29/h3-12,14H,13H2,1-2H3,(H,23,27)(H,24,26)/t14-/m1/s1. The highest BCUT2D eigenvalue weighted by molar-refractivity contribution is 5.97. The van der Waals surface area contributed by atoms with Gasteiger partial charge in [-0.2, -0.15) is 0 Å². The first-order chi connectivity index (χ1) is 14.4. The van der Waals surface area contributed by atoms with Crippen LogP contribution in [0, 0.1) is 10.1 Å². The second-order valence-corrected chi connectivity index (χ2v) is 6.72. The summed E-state index contributed by atoms with van der Waals surface area (Å²) >= 11 is 0. The molecule has 0 unspecified atom stereocenters. The number of rotatable bonds is 7. The molecule has 0 heterocycles. The molecule has 3 aromatic carbocycles. The Labute approximate surface area is 173 Å². The van der Waals surface area contributed by atoms with Crippen LogP contribution in [0.2, 0.25) is 0 Å². The Hall–Kier alpha value is -3.94. The van der Waals surface area contributed by atoms with Crippen molar-refractivity contribution in [3.05, 3.63) is 81.9 Å². The molecule has 154 valence electrons. The average Bonchev–Trinajstić information content (AvgIpc) is 2.76. The summed E-state index contributed by atoms with van der Waals surface area (Å²) in [6.07, 6.45) is 0. The molecule has 2 N–H and O–H groups in total. The maximum atomic E-state index is 12.3. The zero-order valence-corrected chi connectivity index (χ0v) is 16.5. The third-order valence-electron chi connectivity index (χ3n) is 4.70. The van der Waals surface area contributed by atoms with E-state index in [1.54, 1.807) is 0 Å². The van der Waals surface area contributed by atoms with Gasteiger partial charge in [-0.25, -0.2) is 0 Å². The van der Waals surface area contributed by atoms with Gasteiger partial charge in [0.15, 0.2) is 5.75 Å². The number of nitro groups is 1. The van der Waals surface area contributed by atoms with Gasteiger partial charge >= 0.3 is 5.69 Å². The van der Waals surface area contributed by atoms with Gasteiger partial charge in [0.05, 0.1) is 24.6 Å². The molecule has 3 aromatic rings. The van der Waals surface area contributed by atoms with Gasteiger partial charge in [-0.1, -0.05) is 36.4 Å². The Bertz CT molecular complexity index is 1110. The van der Waals surface area contributed by atoms with Gasteiger partial charge < -0.3 is 15.4 Å². The monoisotopic (exact) mass is 407 g/mol. The highest BCUT2D eigenvalue weighted by Gasteiger charge is 2.19. The predicted octanol–water partition coefficient (Wildman–Crippen LogP) is 3.36. The van der Waals surface area contributed by atoms with E-state index in [0.717, 1.165) is 22.4 Å². The van der Waals surface area contributed by atoms with Crippen molar-refractivity contribution in [1.29, 1.82) is 0 Å². The normalized spacial score (nSPS) is 11.5. The smallest absolute Gasteiger partial charge is 0.311 e. The highest BCUT2D eigenvalue weighted by atomic mass is 16.6. The molecule has 8 heteroatoms. The second kappa shape index (κ2) is 9.04. The fraction of sp³-hybridized carbons (Fsp3) is 0.182. The van der Waals surface area contributed by atoms with Crippen molar-refractivity contribution in [3.63, 3.8) is 0 Å². The number of benzene rings is 3. The Morgan fingerprint density at radius 2 is 1.80 bits per heavy atom. The topological polar surface area (TPSA) is 111 Å². The van der Waals surface area contributed by atoms with Gasteiger partial charge in [0, 0.05) is 11.6 Å². The molecule has 3 rings (SSSR count). The van der Waals surface area contributed by atoms with Crippen LogP contribution in [0.5, 0.6) is 5.75 Å². The zero-order valence-electron chi connectivity index (χ0n) is 16.5. The Balaban J connectivity index is 1.60. The minimum absolute atomic E-state index is 0.0542. The number of methoxy groups -OCH3 is 1. The first-order valence-electron chi connectivity index (χ1n) is 9.27. The molecule has 0 aliphatic carbocycles. The fourth-order valence-corrected chi connectivity index (χ4v) is 3.09. The minimum Gasteiger partial charge on any atom is -0.490 e. The Morgan fingerprint density at radius 1 is 1.07 bits per heavy atom. The molecule has 0 bridgehead atoms. The molecule has 0 aliphatic rings. The van der Waals surface area contributed by atoms with Crippen LogP contribution >= 0.6 is 0 Å². The molecule has 0 saturated carbocycles. The van der Waals surface area contributed by atoms with Gasteiger partial charge in [-0.15, -0.1) is 0 Å². The van der Waals surface area contributed by atoms with E-state index in [1.165, 1.54) is 19.2 Å². The van der Waals surface area contributed by atoms with Crippen LogP contribution in [-0.4, -0.2) is 30.4 Å². The van der Waals surface area contributed by atoms with E-state index in [9.17, 15) is 19.7 Å². The largest absolute Gasteiger partial charge is 0.490 e. The second-order valence-electron chi connectivity index (χ2n) is 6.72. The van der Waals surface area contributed by atoms with Crippen LogP contribution < -0.4 is 15.4 Å². The van der Waals surface area contributed by atoms with Crippen molar-refractivity contribution in [2.45, 2.75) is 13.0 Å². The van der Waals surface area contributed by atoms with Crippen LogP contribution in [0.15, 0.2) is 60.7 Å². The van der Waals surface area contributed by atoms with Crippen molar-refractivity contribution in [2.24, 2.45) is 0 Å². The third kappa shape index (κ3) is 4.72. The molecular weight excluding hydrogens is 386 g/mol. The molecule has 0 fully saturated rings. The van der Waals surface area contributed by atoms with Crippen LogP contribution in [0.25, 0.3) is 10.8 Å². The third-order valence-corrected chi connectivity index (χ3v) is 4.70. The lowest BCUT2D eigenvalue weighted by Crippen LogP contribution is -2.38. The number of ether oxygens (including phenoxy) is 1. The molecular formula is C22H21N3O5. The summed E-state index contributed by atoms with van der Waals surface area (Å²) in [5.74, 6) is -0.903. The van der Waals surface area contributed by atoms with E-state index in [0.29, 0.717) is 0 Å². The van der Waals surface area contributed by atoms with E-state index >= 15 is 0 Å². The molecule has 0 aliphatic heterocycles. The van der Waals surface area contributed by atoms with Crippen molar-refractivity contribution in [2.75, 3.05) is 13.7 Å². The van der Waals surface area contributed by atoms with E-state index in [4.69, 9.17) is 4.74 Å². The van der Waals surface area contributed by atoms with E-state index < -0.39 is 10.8 Å². The lowest BCUT2D eigenvalue weighted by Gasteiger charge is -2.15. The Kier molecular flexibility index (Phi) is 6.26. The molecule has 0 spiro atoms. The number of hydrogen-bond donors (Lipinski definition) is 2. The summed E-state index contributed by atoms with van der Waals surface area (Å²) < 4.78 is 4.91. The first-order valence-corrected chi connectivity index (χ1v) is 9.27. The maximum Gasteiger partial charge on any atom is 0.311 e. The molecule has 0 aromatic heterocycles. The number of nitro benzene ring substituents is 1. The maximum absolute atomic E-state index is 12.3. The molecule has 0 saturated heterocycles. The van der Waals surface area contributed by atoms with Crippen molar-refractivity contribution in [3.8, 4) is 5.75 Å². The summed E-state index contributed by atoms with van der Waals surface area (Å²) in [4.78, 5) is 35.0. The Morgan fingerprint density at radius 3 is 2.50 bits per heavy atom. The summed E-state index contributed by atoms with van der Waals surface area (Å²) in [6.45, 7) is 1.60. The SMILES string of the molecule is COc1ccc(C(=O)NCC(=O)N[C@H](C)c2ccc3ccccc3c2)cc1[N+](=O)[O-]. The lowest BCUT2D eigenvalue weighted by molar-refractivity contribution is -0.385. The lowest BCUT2D eigenvalue weighted by atomic mass is 10.0. The van der Waals surface area contributed by atoms with Gasteiger partial charge in [0.1, 0.15) is 0 Å². The fourth-order valence-electron chi connectivity index (χ4n) is 3.09. The van der Waals surface area contributed by atoms with Gasteiger partial charge in [0.25, 0.3) is 5.91 Å². The number of hydrogen-bond acceptors (Lipinski definition) is 5. The summed E-state index contributed by atoms with van der Waals surface area (Å²) in [5, 5.41) is 18.6.